The normalized spacial score (nSPS) is 12.4. The summed E-state index contributed by atoms with van der Waals surface area (Å²) in [6.45, 7) is 16.7. The average Bonchev–Trinajstić information content (AvgIpc) is 3.38. The van der Waals surface area contributed by atoms with Crippen LogP contribution in [0.3, 0.4) is 0 Å². The molecule has 0 saturated carbocycles. The first-order valence-corrected chi connectivity index (χ1v) is 17.9. The second-order valence-corrected chi connectivity index (χ2v) is 14.6. The minimum atomic E-state index is 0. The van der Waals surface area contributed by atoms with E-state index >= 15 is 0 Å². The average molecular weight is 847 g/mol. The number of aromatic nitrogens is 3. The predicted octanol–water partition coefficient (Wildman–Crippen LogP) is 11.7. The van der Waals surface area contributed by atoms with Crippen LogP contribution in [-0.2, 0) is 38.4 Å². The SMILES string of the molecule is CCC(CC)C(=O)/C(C)=C(\O)C(CC)CC.Cn1c2cc3ccccc3cc2c2ncnc(-c3[c-]ccc4c(CC(C)(C)C)cccc34)c21.[Ir]. The standard InChI is InChI=1S/C30H26N3.C14H26O2.Ir/c1-30(2,3)17-21-11-7-13-23-22(21)12-8-14-24(23)27-29-28(32-18-31-27)25-15-19-9-5-6-10-20(19)16-26(25)33(29)4;1-6-11(7-2)13(15)10(5)14(16)12(8-3)9-4;/h5-13,15-16,18H,17H2,1-4H3;11-12,15H,6-9H2,1-5H3;/q-1;;/b;13-10-;. The quantitative estimate of drug-likeness (QED) is 0.0894. The Bertz CT molecular complexity index is 2150. The third-order valence-corrected chi connectivity index (χ3v) is 10.0. The monoisotopic (exact) mass is 847 g/mol. The van der Waals surface area contributed by atoms with Gasteiger partial charge in [-0.3, -0.25) is 9.78 Å². The summed E-state index contributed by atoms with van der Waals surface area (Å²) in [5.41, 5.74) is 7.32. The van der Waals surface area contributed by atoms with Gasteiger partial charge in [0.2, 0.25) is 0 Å². The maximum atomic E-state index is 12.1. The van der Waals surface area contributed by atoms with Gasteiger partial charge in [0.1, 0.15) is 12.1 Å². The fourth-order valence-electron chi connectivity index (χ4n) is 7.20. The van der Waals surface area contributed by atoms with Crippen LogP contribution in [0.1, 0.15) is 86.6 Å². The van der Waals surface area contributed by atoms with Gasteiger partial charge in [-0.1, -0.05) is 107 Å². The molecule has 4 aromatic carbocycles. The van der Waals surface area contributed by atoms with Crippen LogP contribution in [0.4, 0.5) is 0 Å². The van der Waals surface area contributed by atoms with Gasteiger partial charge in [0.25, 0.3) is 0 Å². The summed E-state index contributed by atoms with van der Waals surface area (Å²) in [6, 6.07) is 27.3. The summed E-state index contributed by atoms with van der Waals surface area (Å²) >= 11 is 0. The van der Waals surface area contributed by atoms with E-state index in [1.165, 1.54) is 32.6 Å². The molecule has 0 aliphatic heterocycles. The molecule has 0 saturated heterocycles. The molecule has 1 radical (unpaired) electrons. The molecule has 0 aliphatic rings. The number of aliphatic hydroxyl groups is 1. The molecule has 50 heavy (non-hydrogen) atoms. The minimum absolute atomic E-state index is 0. The van der Waals surface area contributed by atoms with Gasteiger partial charge in [-0.05, 0) is 67.3 Å². The van der Waals surface area contributed by atoms with Gasteiger partial charge in [-0.2, -0.15) is 0 Å². The smallest absolute Gasteiger partial charge is 0.164 e. The largest absolute Gasteiger partial charge is 0.512 e. The molecule has 0 aliphatic carbocycles. The summed E-state index contributed by atoms with van der Waals surface area (Å²) < 4.78 is 2.23. The van der Waals surface area contributed by atoms with E-state index in [4.69, 9.17) is 9.97 Å². The third-order valence-electron chi connectivity index (χ3n) is 10.0. The van der Waals surface area contributed by atoms with Crippen molar-refractivity contribution in [1.82, 2.24) is 14.5 Å². The van der Waals surface area contributed by atoms with Crippen molar-refractivity contribution in [2.75, 3.05) is 0 Å². The Labute approximate surface area is 311 Å². The zero-order valence-electron chi connectivity index (χ0n) is 31.1. The number of carbonyl (C=O) groups excluding carboxylic acids is 1. The van der Waals surface area contributed by atoms with Gasteiger partial charge in [0.05, 0.1) is 16.6 Å². The topological polar surface area (TPSA) is 68.0 Å². The molecular weight excluding hydrogens is 795 g/mol. The molecular formula is C44H52IrN3O2-. The van der Waals surface area contributed by atoms with Gasteiger partial charge in [-0.25, -0.2) is 4.98 Å². The number of aliphatic hydroxyl groups excluding tert-OH is 1. The third kappa shape index (κ3) is 7.87. The summed E-state index contributed by atoms with van der Waals surface area (Å²) in [5.74, 6) is 0.631. The van der Waals surface area contributed by atoms with Crippen LogP contribution < -0.4 is 0 Å². The zero-order chi connectivity index (χ0) is 35.5. The molecule has 6 aromatic rings. The number of hydrogen-bond donors (Lipinski definition) is 1. The van der Waals surface area contributed by atoms with Gasteiger partial charge in [0, 0.05) is 55.6 Å². The summed E-state index contributed by atoms with van der Waals surface area (Å²) in [6.07, 6.45) is 6.18. The van der Waals surface area contributed by atoms with E-state index in [0.29, 0.717) is 11.3 Å². The van der Waals surface area contributed by atoms with Crippen LogP contribution in [0.25, 0.3) is 54.7 Å². The number of Topliss-reactive ketones (excluding diaryl/α,β-unsaturated/α-hetero) is 1. The number of aryl methyl sites for hydroxylation is 1. The molecule has 5 nitrogen and oxygen atoms in total. The molecule has 6 rings (SSSR count). The molecule has 1 N–H and O–H groups in total. The van der Waals surface area contributed by atoms with Crippen molar-refractivity contribution in [3.8, 4) is 11.3 Å². The number of rotatable bonds is 9. The van der Waals surface area contributed by atoms with Crippen molar-refractivity contribution in [1.29, 1.82) is 0 Å². The molecule has 0 spiro atoms. The van der Waals surface area contributed by atoms with Gasteiger partial charge in [0.15, 0.2) is 5.78 Å². The second kappa shape index (κ2) is 16.4. The van der Waals surface area contributed by atoms with Crippen LogP contribution in [0.15, 0.2) is 84.4 Å². The molecule has 0 unspecified atom stereocenters. The first kappa shape index (κ1) is 38.9. The molecule has 0 atom stereocenters. The molecule has 2 heterocycles. The zero-order valence-corrected chi connectivity index (χ0v) is 33.5. The summed E-state index contributed by atoms with van der Waals surface area (Å²) in [7, 11) is 2.11. The molecule has 0 fully saturated rings. The van der Waals surface area contributed by atoms with Crippen LogP contribution in [-0.4, -0.2) is 25.4 Å². The maximum Gasteiger partial charge on any atom is 0.164 e. The summed E-state index contributed by atoms with van der Waals surface area (Å²) in [4.78, 5) is 21.6. The fraction of sp³-hybridized carbons (Fsp3) is 0.386. The number of carbonyl (C=O) groups is 1. The Kier molecular flexibility index (Phi) is 12.8. The Morgan fingerprint density at radius 1 is 0.840 bits per heavy atom. The summed E-state index contributed by atoms with van der Waals surface area (Å²) in [5, 5.41) is 16.1. The van der Waals surface area contributed by atoms with E-state index in [-0.39, 0.29) is 43.1 Å². The van der Waals surface area contributed by atoms with E-state index in [2.05, 4.69) is 99.1 Å². The van der Waals surface area contributed by atoms with Crippen molar-refractivity contribution in [2.45, 2.75) is 87.5 Å². The Morgan fingerprint density at radius 3 is 2.10 bits per heavy atom. The Hall–Kier alpha value is -3.86. The number of allylic oxidation sites excluding steroid dienone is 2. The van der Waals surface area contributed by atoms with Crippen molar-refractivity contribution in [3.05, 3.63) is 96.0 Å². The second-order valence-electron chi connectivity index (χ2n) is 14.6. The maximum absolute atomic E-state index is 12.1. The van der Waals surface area contributed by atoms with E-state index in [1.54, 1.807) is 13.3 Å². The van der Waals surface area contributed by atoms with E-state index in [9.17, 15) is 9.90 Å². The van der Waals surface area contributed by atoms with E-state index in [0.717, 1.165) is 59.8 Å². The van der Waals surface area contributed by atoms with Crippen LogP contribution in [0.2, 0.25) is 0 Å². The van der Waals surface area contributed by atoms with Gasteiger partial charge in [-0.15, -0.1) is 23.8 Å². The molecule has 0 bridgehead atoms. The van der Waals surface area contributed by atoms with Crippen molar-refractivity contribution < 1.29 is 30.0 Å². The van der Waals surface area contributed by atoms with Gasteiger partial charge < -0.3 is 9.67 Å². The number of nitrogens with zero attached hydrogens (tertiary/aromatic N) is 3. The van der Waals surface area contributed by atoms with Crippen molar-refractivity contribution in [2.24, 2.45) is 24.3 Å². The molecule has 265 valence electrons. The van der Waals surface area contributed by atoms with Crippen LogP contribution in [0, 0.1) is 23.3 Å². The predicted molar refractivity (Wildman–Crippen MR) is 207 cm³/mol. The number of ketones is 1. The first-order chi connectivity index (χ1) is 23.4. The number of fused-ring (bicyclic) bond motifs is 5. The Morgan fingerprint density at radius 2 is 1.48 bits per heavy atom. The molecule has 0 amide bonds. The number of hydrogen-bond acceptors (Lipinski definition) is 4. The van der Waals surface area contributed by atoms with Gasteiger partial charge >= 0.3 is 0 Å². The van der Waals surface area contributed by atoms with Crippen LogP contribution in [0.5, 0.6) is 0 Å². The fourth-order valence-corrected chi connectivity index (χ4v) is 7.20. The molecule has 2 aromatic heterocycles. The van der Waals surface area contributed by atoms with Crippen LogP contribution >= 0.6 is 0 Å². The first-order valence-electron chi connectivity index (χ1n) is 17.9. The molecule has 6 heteroatoms. The number of benzene rings is 4. The minimum Gasteiger partial charge on any atom is -0.512 e. The van der Waals surface area contributed by atoms with E-state index in [1.807, 2.05) is 33.8 Å². The van der Waals surface area contributed by atoms with Crippen molar-refractivity contribution >= 4 is 49.3 Å². The van der Waals surface area contributed by atoms with E-state index < -0.39 is 0 Å². The van der Waals surface area contributed by atoms with Crippen molar-refractivity contribution in [3.63, 3.8) is 0 Å². The Balaban J connectivity index is 0.000000284.